The molecule has 0 atom stereocenters. The molecule has 0 amide bonds. The molecule has 140 valence electrons. The number of hydrogen-bond acceptors (Lipinski definition) is 3. The van der Waals surface area contributed by atoms with Crippen LogP contribution in [0, 0.1) is 0 Å². The van der Waals surface area contributed by atoms with Gasteiger partial charge >= 0.3 is 0 Å². The Morgan fingerprint density at radius 1 is 0.957 bits per heavy atom. The molecule has 0 saturated carbocycles. The lowest BCUT2D eigenvalue weighted by molar-refractivity contribution is 0.130. The van der Waals surface area contributed by atoms with Crippen molar-refractivity contribution in [1.29, 1.82) is 0 Å². The maximum Gasteiger partial charge on any atom is 0.191 e. The molecular formula is C17H39IN4O. The van der Waals surface area contributed by atoms with E-state index >= 15 is 0 Å². The highest BCUT2D eigenvalue weighted by molar-refractivity contribution is 14.0. The van der Waals surface area contributed by atoms with Crippen LogP contribution in [0.15, 0.2) is 4.99 Å². The molecule has 0 aromatic carbocycles. The quantitative estimate of drug-likeness (QED) is 0.188. The fourth-order valence-corrected chi connectivity index (χ4v) is 2.10. The Morgan fingerprint density at radius 2 is 1.65 bits per heavy atom. The highest BCUT2D eigenvalue weighted by atomic mass is 127. The van der Waals surface area contributed by atoms with E-state index < -0.39 is 0 Å². The van der Waals surface area contributed by atoms with Gasteiger partial charge in [0.1, 0.15) is 0 Å². The molecular weight excluding hydrogens is 403 g/mol. The van der Waals surface area contributed by atoms with Gasteiger partial charge in [0.25, 0.3) is 0 Å². The van der Waals surface area contributed by atoms with Gasteiger partial charge in [0, 0.05) is 32.8 Å². The minimum Gasteiger partial charge on any atom is -0.381 e. The van der Waals surface area contributed by atoms with Crippen molar-refractivity contribution in [3.8, 4) is 0 Å². The molecule has 0 saturated heterocycles. The second-order valence-corrected chi connectivity index (χ2v) is 5.39. The predicted molar refractivity (Wildman–Crippen MR) is 112 cm³/mol. The number of nitrogens with one attached hydrogen (secondary N) is 2. The largest absolute Gasteiger partial charge is 0.381 e. The highest BCUT2D eigenvalue weighted by Gasteiger charge is 2.00. The molecule has 0 fully saturated rings. The Morgan fingerprint density at radius 3 is 2.26 bits per heavy atom. The van der Waals surface area contributed by atoms with Crippen LogP contribution in [0.1, 0.15) is 53.4 Å². The van der Waals surface area contributed by atoms with E-state index in [-0.39, 0.29) is 24.0 Å². The van der Waals surface area contributed by atoms with Gasteiger partial charge in [0.15, 0.2) is 5.96 Å². The van der Waals surface area contributed by atoms with Crippen molar-refractivity contribution < 1.29 is 4.74 Å². The van der Waals surface area contributed by atoms with Crippen molar-refractivity contribution in [2.24, 2.45) is 4.99 Å². The van der Waals surface area contributed by atoms with Gasteiger partial charge in [0.2, 0.25) is 0 Å². The molecule has 0 aliphatic heterocycles. The van der Waals surface area contributed by atoms with E-state index in [0.29, 0.717) is 0 Å². The molecule has 23 heavy (non-hydrogen) atoms. The van der Waals surface area contributed by atoms with Gasteiger partial charge in [0.05, 0.1) is 0 Å². The molecule has 0 spiro atoms. The number of aliphatic imine (C=N–C) groups is 1. The lowest BCUT2D eigenvalue weighted by atomic mass is 10.3. The lowest BCUT2D eigenvalue weighted by Crippen LogP contribution is -2.39. The molecule has 0 rings (SSSR count). The maximum atomic E-state index is 5.55. The van der Waals surface area contributed by atoms with Crippen molar-refractivity contribution in [3.05, 3.63) is 0 Å². The Bertz CT molecular complexity index is 261. The molecule has 0 heterocycles. The minimum absolute atomic E-state index is 0. The van der Waals surface area contributed by atoms with Gasteiger partial charge in [-0.1, -0.05) is 27.2 Å². The Balaban J connectivity index is 0. The first-order chi connectivity index (χ1) is 10.8. The molecule has 6 heteroatoms. The molecule has 5 nitrogen and oxygen atoms in total. The molecule has 0 aromatic rings. The third-order valence-electron chi connectivity index (χ3n) is 3.54. The smallest absolute Gasteiger partial charge is 0.191 e. The number of ether oxygens (including phenoxy) is 1. The standard InChI is InChI=1S/C17H38N4O.HI/c1-5-9-15-22-16-11-13-20-17(18-6-2)19-12-10-14-21(7-3)8-4;/h5-16H2,1-4H3,(H2,18,19,20);1H. The third-order valence-corrected chi connectivity index (χ3v) is 3.54. The van der Waals surface area contributed by atoms with Crippen molar-refractivity contribution in [1.82, 2.24) is 15.5 Å². The minimum atomic E-state index is 0. The number of rotatable bonds is 14. The van der Waals surface area contributed by atoms with Gasteiger partial charge in [-0.25, -0.2) is 0 Å². The molecule has 0 bridgehead atoms. The van der Waals surface area contributed by atoms with E-state index in [9.17, 15) is 0 Å². The van der Waals surface area contributed by atoms with Crippen molar-refractivity contribution >= 4 is 29.9 Å². The summed E-state index contributed by atoms with van der Waals surface area (Å²) in [5.74, 6) is 0.926. The van der Waals surface area contributed by atoms with E-state index in [1.807, 2.05) is 0 Å². The van der Waals surface area contributed by atoms with E-state index in [0.717, 1.165) is 77.7 Å². The van der Waals surface area contributed by atoms with Gasteiger partial charge in [-0.15, -0.1) is 24.0 Å². The Kier molecular flexibility index (Phi) is 21.8. The monoisotopic (exact) mass is 442 g/mol. The molecule has 0 aliphatic carbocycles. The zero-order valence-electron chi connectivity index (χ0n) is 15.7. The van der Waals surface area contributed by atoms with Crippen LogP contribution in [0.25, 0.3) is 0 Å². The normalized spacial score (nSPS) is 11.4. The zero-order valence-corrected chi connectivity index (χ0v) is 18.0. The first-order valence-electron chi connectivity index (χ1n) is 9.10. The third kappa shape index (κ3) is 16.6. The first kappa shape index (κ1) is 25.2. The van der Waals surface area contributed by atoms with Gasteiger partial charge in [-0.3, -0.25) is 4.99 Å². The van der Waals surface area contributed by atoms with Crippen LogP contribution in [-0.2, 0) is 4.74 Å². The average molecular weight is 442 g/mol. The van der Waals surface area contributed by atoms with Crippen molar-refractivity contribution in [2.45, 2.75) is 53.4 Å². The average Bonchev–Trinajstić information content (AvgIpc) is 2.54. The van der Waals surface area contributed by atoms with Crippen LogP contribution in [0.2, 0.25) is 0 Å². The van der Waals surface area contributed by atoms with E-state index in [1.165, 1.54) is 6.42 Å². The van der Waals surface area contributed by atoms with Crippen LogP contribution in [0.3, 0.4) is 0 Å². The van der Waals surface area contributed by atoms with Crippen molar-refractivity contribution in [2.75, 3.05) is 52.5 Å². The van der Waals surface area contributed by atoms with E-state index in [1.54, 1.807) is 0 Å². The van der Waals surface area contributed by atoms with Crippen LogP contribution < -0.4 is 10.6 Å². The SMILES string of the molecule is CCCCOCCCN=C(NCC)NCCCN(CC)CC.I. The molecule has 0 radical (unpaired) electrons. The summed E-state index contributed by atoms with van der Waals surface area (Å²) >= 11 is 0. The Hall–Kier alpha value is -0.0800. The fraction of sp³-hybridized carbons (Fsp3) is 0.941. The lowest BCUT2D eigenvalue weighted by Gasteiger charge is -2.18. The topological polar surface area (TPSA) is 48.9 Å². The molecule has 2 N–H and O–H groups in total. The van der Waals surface area contributed by atoms with Crippen LogP contribution in [0.5, 0.6) is 0 Å². The van der Waals surface area contributed by atoms with Crippen molar-refractivity contribution in [3.63, 3.8) is 0 Å². The summed E-state index contributed by atoms with van der Waals surface area (Å²) in [6.45, 7) is 16.5. The zero-order chi connectivity index (χ0) is 16.5. The number of halogens is 1. The number of unbranched alkanes of at least 4 members (excludes halogenated alkanes) is 1. The fourth-order valence-electron chi connectivity index (χ4n) is 2.10. The summed E-state index contributed by atoms with van der Waals surface area (Å²) in [5, 5.41) is 6.70. The predicted octanol–water partition coefficient (Wildman–Crippen LogP) is 3.10. The summed E-state index contributed by atoms with van der Waals surface area (Å²) in [6, 6.07) is 0. The second kappa shape index (κ2) is 20.0. The maximum absolute atomic E-state index is 5.55. The van der Waals surface area contributed by atoms with Crippen LogP contribution in [0.4, 0.5) is 0 Å². The van der Waals surface area contributed by atoms with Crippen LogP contribution in [-0.4, -0.2) is 63.3 Å². The van der Waals surface area contributed by atoms with Crippen LogP contribution >= 0.6 is 24.0 Å². The Labute approximate surface area is 161 Å². The summed E-state index contributed by atoms with van der Waals surface area (Å²) in [5.41, 5.74) is 0. The molecule has 0 aromatic heterocycles. The molecule has 0 aliphatic rings. The summed E-state index contributed by atoms with van der Waals surface area (Å²) in [4.78, 5) is 7.03. The number of hydrogen-bond donors (Lipinski definition) is 2. The summed E-state index contributed by atoms with van der Waals surface area (Å²) in [6.07, 6.45) is 4.48. The highest BCUT2D eigenvalue weighted by Crippen LogP contribution is 1.91. The number of guanidine groups is 1. The summed E-state index contributed by atoms with van der Waals surface area (Å²) < 4.78 is 5.55. The van der Waals surface area contributed by atoms with E-state index in [2.05, 4.69) is 48.2 Å². The second-order valence-electron chi connectivity index (χ2n) is 5.39. The number of nitrogens with zero attached hydrogens (tertiary/aromatic N) is 2. The summed E-state index contributed by atoms with van der Waals surface area (Å²) in [7, 11) is 0. The van der Waals surface area contributed by atoms with E-state index in [4.69, 9.17) is 4.74 Å². The van der Waals surface area contributed by atoms with Gasteiger partial charge in [-0.05, 0) is 45.8 Å². The van der Waals surface area contributed by atoms with Gasteiger partial charge < -0.3 is 20.3 Å². The van der Waals surface area contributed by atoms with Gasteiger partial charge in [-0.2, -0.15) is 0 Å². The first-order valence-corrected chi connectivity index (χ1v) is 9.10. The molecule has 0 unspecified atom stereocenters.